The van der Waals surface area contributed by atoms with Crippen molar-refractivity contribution in [1.29, 1.82) is 0 Å². The zero-order valence-electron chi connectivity index (χ0n) is 14.3. The van der Waals surface area contributed by atoms with E-state index in [0.717, 1.165) is 16.8 Å². The number of rotatable bonds is 2. The minimum Gasteiger partial charge on any atom is -0.340 e. The molecule has 1 aliphatic heterocycles. The van der Waals surface area contributed by atoms with Crippen molar-refractivity contribution in [2.75, 3.05) is 5.32 Å². The normalized spacial score (nSPS) is 16.4. The van der Waals surface area contributed by atoms with Gasteiger partial charge in [0.25, 0.3) is 0 Å². The van der Waals surface area contributed by atoms with Gasteiger partial charge in [0.05, 0.1) is 12.0 Å². The number of aromatic nitrogens is 6. The summed E-state index contributed by atoms with van der Waals surface area (Å²) in [7, 11) is 0. The molecule has 4 heterocycles. The van der Waals surface area contributed by atoms with Crippen molar-refractivity contribution in [3.05, 3.63) is 58.8 Å². The van der Waals surface area contributed by atoms with E-state index in [1.54, 1.807) is 11.0 Å². The smallest absolute Gasteiger partial charge is 0.226 e. The molecule has 1 amide bonds. The predicted octanol–water partition coefficient (Wildman–Crippen LogP) is 2.97. The number of hydrogen-bond donors (Lipinski definition) is 2. The molecule has 4 aromatic rings. The Kier molecular flexibility index (Phi) is 3.48. The molecule has 2 N–H and O–H groups in total. The Bertz CT molecular complexity index is 1200. The monoisotopic (exact) mass is 379 g/mol. The van der Waals surface area contributed by atoms with E-state index in [4.69, 9.17) is 11.6 Å². The lowest BCUT2D eigenvalue weighted by atomic mass is 9.86. The van der Waals surface area contributed by atoms with Crippen molar-refractivity contribution in [2.24, 2.45) is 0 Å². The van der Waals surface area contributed by atoms with E-state index in [9.17, 15) is 4.79 Å². The van der Waals surface area contributed by atoms with Gasteiger partial charge in [0, 0.05) is 22.9 Å². The summed E-state index contributed by atoms with van der Waals surface area (Å²) < 4.78 is 1.64. The molecule has 1 aromatic carbocycles. The van der Waals surface area contributed by atoms with E-state index in [0.29, 0.717) is 34.2 Å². The second-order valence-corrected chi connectivity index (χ2v) is 6.85. The fraction of sp³-hybridized carbons (Fsp3) is 0.167. The number of carbonyl (C=O) groups is 1. The number of nitrogens with zero attached hydrogens (tertiary/aromatic N) is 5. The SMILES string of the molecule is Cc1nn(-c2ncnc3nc[nH]c23)c2c1C(c1cccc(Cl)c1)CC(=O)N2. The van der Waals surface area contributed by atoms with Crippen LogP contribution in [0.3, 0.4) is 0 Å². The average molecular weight is 380 g/mol. The van der Waals surface area contributed by atoms with Crippen LogP contribution in [0.1, 0.15) is 29.2 Å². The Morgan fingerprint density at radius 1 is 1.26 bits per heavy atom. The van der Waals surface area contributed by atoms with Gasteiger partial charge in [0.2, 0.25) is 5.91 Å². The van der Waals surface area contributed by atoms with Crippen LogP contribution in [0.2, 0.25) is 5.02 Å². The number of nitrogens with one attached hydrogen (secondary N) is 2. The van der Waals surface area contributed by atoms with Gasteiger partial charge in [-0.2, -0.15) is 9.78 Å². The Labute approximate surface area is 158 Å². The molecule has 1 aliphatic rings. The van der Waals surface area contributed by atoms with Gasteiger partial charge in [0.15, 0.2) is 11.5 Å². The third kappa shape index (κ3) is 2.48. The van der Waals surface area contributed by atoms with E-state index in [-0.39, 0.29) is 11.8 Å². The molecule has 5 rings (SSSR count). The van der Waals surface area contributed by atoms with Gasteiger partial charge >= 0.3 is 0 Å². The van der Waals surface area contributed by atoms with Crippen molar-refractivity contribution >= 4 is 34.5 Å². The Morgan fingerprint density at radius 3 is 3.00 bits per heavy atom. The highest BCUT2D eigenvalue weighted by Gasteiger charge is 2.33. The summed E-state index contributed by atoms with van der Waals surface area (Å²) in [6.45, 7) is 1.93. The van der Waals surface area contributed by atoms with Gasteiger partial charge in [-0.3, -0.25) is 4.79 Å². The molecule has 0 fully saturated rings. The fourth-order valence-corrected chi connectivity index (χ4v) is 3.82. The number of benzene rings is 1. The predicted molar refractivity (Wildman–Crippen MR) is 100 cm³/mol. The maximum atomic E-state index is 12.5. The zero-order chi connectivity index (χ0) is 18.5. The van der Waals surface area contributed by atoms with Gasteiger partial charge in [-0.1, -0.05) is 23.7 Å². The number of hydrogen-bond acceptors (Lipinski definition) is 5. The van der Waals surface area contributed by atoms with Crippen LogP contribution in [-0.4, -0.2) is 35.6 Å². The van der Waals surface area contributed by atoms with Crippen LogP contribution in [-0.2, 0) is 4.79 Å². The summed E-state index contributed by atoms with van der Waals surface area (Å²) >= 11 is 6.17. The van der Waals surface area contributed by atoms with Crippen LogP contribution in [0.5, 0.6) is 0 Å². The second kappa shape index (κ2) is 5.88. The standard InChI is InChI=1S/C18H14ClN7O/c1-9-14-12(10-3-2-4-11(19)5-10)6-13(27)24-17(14)26(25-9)18-15-16(21-7-20-15)22-8-23-18/h2-5,7-8,12H,6H2,1H3,(H,24,27)(H,20,21,22,23). The maximum absolute atomic E-state index is 12.5. The molecule has 0 spiro atoms. The number of anilines is 1. The molecule has 1 atom stereocenters. The molecular formula is C18H14ClN7O. The molecule has 3 aromatic heterocycles. The van der Waals surface area contributed by atoms with Crippen molar-refractivity contribution in [1.82, 2.24) is 29.7 Å². The van der Waals surface area contributed by atoms with Gasteiger partial charge in [-0.05, 0) is 24.6 Å². The van der Waals surface area contributed by atoms with E-state index in [2.05, 4.69) is 30.4 Å². The summed E-state index contributed by atoms with van der Waals surface area (Å²) in [6.07, 6.45) is 3.32. The van der Waals surface area contributed by atoms with Crippen molar-refractivity contribution in [3.8, 4) is 5.82 Å². The molecule has 1 unspecified atom stereocenters. The fourth-order valence-electron chi connectivity index (χ4n) is 3.62. The Balaban J connectivity index is 1.73. The van der Waals surface area contributed by atoms with Crippen molar-refractivity contribution in [3.63, 3.8) is 0 Å². The van der Waals surface area contributed by atoms with Crippen molar-refractivity contribution in [2.45, 2.75) is 19.3 Å². The first-order chi connectivity index (χ1) is 13.1. The quantitative estimate of drug-likeness (QED) is 0.557. The van der Waals surface area contributed by atoms with E-state index in [1.165, 1.54) is 6.33 Å². The third-order valence-corrected chi connectivity index (χ3v) is 4.99. The van der Waals surface area contributed by atoms with Crippen LogP contribution < -0.4 is 5.32 Å². The average Bonchev–Trinajstić information content (AvgIpc) is 3.25. The summed E-state index contributed by atoms with van der Waals surface area (Å²) in [6, 6.07) is 7.58. The highest BCUT2D eigenvalue weighted by molar-refractivity contribution is 6.30. The minimum atomic E-state index is -0.125. The molecule has 0 saturated heterocycles. The minimum absolute atomic E-state index is 0.0801. The lowest BCUT2D eigenvalue weighted by molar-refractivity contribution is -0.116. The Hall–Kier alpha value is -3.26. The van der Waals surface area contributed by atoms with Gasteiger partial charge in [-0.15, -0.1) is 0 Å². The van der Waals surface area contributed by atoms with E-state index >= 15 is 0 Å². The first-order valence-corrected chi connectivity index (χ1v) is 8.79. The zero-order valence-corrected chi connectivity index (χ0v) is 15.0. The molecule has 0 saturated carbocycles. The highest BCUT2D eigenvalue weighted by atomic mass is 35.5. The van der Waals surface area contributed by atoms with Crippen molar-refractivity contribution < 1.29 is 4.79 Å². The maximum Gasteiger partial charge on any atom is 0.226 e. The Morgan fingerprint density at radius 2 is 2.15 bits per heavy atom. The lowest BCUT2D eigenvalue weighted by Gasteiger charge is -2.24. The number of aryl methyl sites for hydroxylation is 1. The molecular weight excluding hydrogens is 366 g/mol. The highest BCUT2D eigenvalue weighted by Crippen LogP contribution is 2.40. The number of imidazole rings is 1. The topological polar surface area (TPSA) is 101 Å². The molecule has 0 aliphatic carbocycles. The molecule has 0 radical (unpaired) electrons. The van der Waals surface area contributed by atoms with Crippen LogP contribution in [0.15, 0.2) is 36.9 Å². The largest absolute Gasteiger partial charge is 0.340 e. The first-order valence-electron chi connectivity index (χ1n) is 8.41. The number of amides is 1. The van der Waals surface area contributed by atoms with Crippen LogP contribution in [0.4, 0.5) is 5.82 Å². The number of halogens is 1. The van der Waals surface area contributed by atoms with Crippen LogP contribution >= 0.6 is 11.6 Å². The summed E-state index contributed by atoms with van der Waals surface area (Å²) in [5.41, 5.74) is 3.96. The van der Waals surface area contributed by atoms with Gasteiger partial charge in [0.1, 0.15) is 17.7 Å². The lowest BCUT2D eigenvalue weighted by Crippen LogP contribution is -2.25. The summed E-state index contributed by atoms with van der Waals surface area (Å²) in [4.78, 5) is 28.2. The van der Waals surface area contributed by atoms with Gasteiger partial charge in [-0.25, -0.2) is 15.0 Å². The summed E-state index contributed by atoms with van der Waals surface area (Å²) in [5.74, 6) is 0.945. The third-order valence-electron chi connectivity index (χ3n) is 4.76. The number of H-pyrrole nitrogens is 1. The van der Waals surface area contributed by atoms with E-state index in [1.807, 2.05) is 31.2 Å². The molecule has 8 nitrogen and oxygen atoms in total. The molecule has 134 valence electrons. The second-order valence-electron chi connectivity index (χ2n) is 6.42. The molecule has 0 bridgehead atoms. The van der Waals surface area contributed by atoms with E-state index < -0.39 is 0 Å². The summed E-state index contributed by atoms with van der Waals surface area (Å²) in [5, 5.41) is 8.25. The number of aromatic amines is 1. The number of fused-ring (bicyclic) bond motifs is 2. The molecule has 27 heavy (non-hydrogen) atoms. The number of carbonyl (C=O) groups excluding carboxylic acids is 1. The van der Waals surface area contributed by atoms with Crippen LogP contribution in [0, 0.1) is 6.92 Å². The van der Waals surface area contributed by atoms with Crippen LogP contribution in [0.25, 0.3) is 17.0 Å². The molecule has 9 heteroatoms. The van der Waals surface area contributed by atoms with Gasteiger partial charge < -0.3 is 10.3 Å². The first kappa shape index (κ1) is 16.0.